The van der Waals surface area contributed by atoms with E-state index in [0.29, 0.717) is 30.2 Å². The predicted molar refractivity (Wildman–Crippen MR) is 73.9 cm³/mol. The van der Waals surface area contributed by atoms with Crippen LogP contribution in [0.25, 0.3) is 0 Å². The Morgan fingerprint density at radius 1 is 1.40 bits per heavy atom. The average molecular weight is 298 g/mol. The second-order valence-corrected chi connectivity index (χ2v) is 5.30. The summed E-state index contributed by atoms with van der Waals surface area (Å²) in [4.78, 5) is 24.5. The fourth-order valence-electron chi connectivity index (χ4n) is 1.97. The Hall–Kier alpha value is -1.75. The smallest absolute Gasteiger partial charge is 0.319 e. The largest absolute Gasteiger partial charge is 0.490 e. The van der Waals surface area contributed by atoms with E-state index in [1.807, 2.05) is 0 Å². The van der Waals surface area contributed by atoms with Crippen LogP contribution in [0.2, 0.25) is 5.02 Å². The van der Waals surface area contributed by atoms with Crippen LogP contribution in [0.3, 0.4) is 0 Å². The van der Waals surface area contributed by atoms with Crippen molar-refractivity contribution in [3.8, 4) is 5.75 Å². The number of rotatable bonds is 6. The molecule has 0 radical (unpaired) electrons. The van der Waals surface area contributed by atoms with E-state index in [9.17, 15) is 9.59 Å². The van der Waals surface area contributed by atoms with Crippen LogP contribution in [0, 0.1) is 5.41 Å². The zero-order valence-electron chi connectivity index (χ0n) is 11.1. The lowest BCUT2D eigenvalue weighted by Crippen LogP contribution is -2.40. The Balaban J connectivity index is 1.84. The van der Waals surface area contributed by atoms with Gasteiger partial charge in [0.2, 0.25) is 5.91 Å². The van der Waals surface area contributed by atoms with Crippen LogP contribution in [-0.4, -0.2) is 42.1 Å². The van der Waals surface area contributed by atoms with Crippen molar-refractivity contribution in [1.29, 1.82) is 0 Å². The van der Waals surface area contributed by atoms with Crippen LogP contribution in [0.4, 0.5) is 0 Å². The first-order valence-corrected chi connectivity index (χ1v) is 6.71. The second kappa shape index (κ2) is 5.71. The molecule has 108 valence electrons. The van der Waals surface area contributed by atoms with Gasteiger partial charge in [0.1, 0.15) is 17.8 Å². The van der Waals surface area contributed by atoms with E-state index in [-0.39, 0.29) is 12.5 Å². The lowest BCUT2D eigenvalue weighted by molar-refractivity contribution is -0.153. The number of carboxylic acid groups (broad SMARTS) is 1. The molecule has 0 atom stereocenters. The summed E-state index contributed by atoms with van der Waals surface area (Å²) in [6.07, 6.45) is 0.827. The summed E-state index contributed by atoms with van der Waals surface area (Å²) in [7, 11) is 1.58. The molecule has 1 saturated carbocycles. The van der Waals surface area contributed by atoms with Crippen molar-refractivity contribution in [2.24, 2.45) is 5.41 Å². The molecule has 0 aliphatic heterocycles. The number of nitrogens with zero attached hydrogens (tertiary/aromatic N) is 1. The van der Waals surface area contributed by atoms with E-state index in [1.54, 1.807) is 31.3 Å². The van der Waals surface area contributed by atoms with Crippen LogP contribution >= 0.6 is 11.6 Å². The third-order valence-corrected chi connectivity index (χ3v) is 3.75. The number of carboxylic acids is 1. The lowest BCUT2D eigenvalue weighted by atomic mass is 10.1. The maximum Gasteiger partial charge on any atom is 0.319 e. The van der Waals surface area contributed by atoms with Crippen molar-refractivity contribution in [1.82, 2.24) is 4.90 Å². The van der Waals surface area contributed by atoms with Gasteiger partial charge < -0.3 is 14.7 Å². The van der Waals surface area contributed by atoms with Crippen LogP contribution < -0.4 is 4.74 Å². The number of para-hydroxylation sites is 1. The predicted octanol–water partition coefficient (Wildman–Crippen LogP) is 2.04. The van der Waals surface area contributed by atoms with Gasteiger partial charge in [-0.15, -0.1) is 0 Å². The normalized spacial score (nSPS) is 15.5. The van der Waals surface area contributed by atoms with Gasteiger partial charge in [-0.1, -0.05) is 23.7 Å². The summed E-state index contributed by atoms with van der Waals surface area (Å²) < 4.78 is 5.48. The summed E-state index contributed by atoms with van der Waals surface area (Å²) >= 11 is 5.94. The second-order valence-electron chi connectivity index (χ2n) is 4.89. The van der Waals surface area contributed by atoms with Crippen molar-refractivity contribution >= 4 is 23.5 Å². The highest BCUT2D eigenvalue weighted by molar-refractivity contribution is 6.32. The van der Waals surface area contributed by atoms with Crippen molar-refractivity contribution in [3.63, 3.8) is 0 Å². The number of likely N-dealkylation sites (N-methyl/N-ethyl adjacent to an activating group) is 1. The van der Waals surface area contributed by atoms with Crippen LogP contribution in [-0.2, 0) is 9.59 Å². The first-order chi connectivity index (χ1) is 9.47. The van der Waals surface area contributed by atoms with Gasteiger partial charge in [-0.2, -0.15) is 0 Å². The highest BCUT2D eigenvalue weighted by Gasteiger charge is 2.58. The molecule has 1 aliphatic rings. The molecule has 0 spiro atoms. The Labute approximate surface area is 122 Å². The Bertz CT molecular complexity index is 528. The zero-order valence-corrected chi connectivity index (χ0v) is 11.9. The first kappa shape index (κ1) is 14.7. The molecule has 2 rings (SSSR count). The topological polar surface area (TPSA) is 66.8 Å². The highest BCUT2D eigenvalue weighted by atomic mass is 35.5. The number of ether oxygens (including phenoxy) is 1. The number of benzene rings is 1. The minimum absolute atomic E-state index is 0.266. The Morgan fingerprint density at radius 2 is 2.05 bits per heavy atom. The Morgan fingerprint density at radius 3 is 2.60 bits per heavy atom. The van der Waals surface area contributed by atoms with Gasteiger partial charge in [0.15, 0.2) is 0 Å². The molecule has 0 unspecified atom stereocenters. The van der Waals surface area contributed by atoms with Gasteiger partial charge in [0.25, 0.3) is 0 Å². The minimum Gasteiger partial charge on any atom is -0.490 e. The van der Waals surface area contributed by atoms with Crippen LogP contribution in [0.1, 0.15) is 12.8 Å². The molecule has 0 saturated heterocycles. The highest BCUT2D eigenvalue weighted by Crippen LogP contribution is 2.47. The summed E-state index contributed by atoms with van der Waals surface area (Å²) in [5.74, 6) is -0.844. The molecule has 1 fully saturated rings. The van der Waals surface area contributed by atoms with Crippen LogP contribution in [0.15, 0.2) is 24.3 Å². The number of hydrogen-bond acceptors (Lipinski definition) is 3. The van der Waals surface area contributed by atoms with E-state index in [1.165, 1.54) is 4.90 Å². The summed E-state index contributed by atoms with van der Waals surface area (Å²) in [5, 5.41) is 9.57. The van der Waals surface area contributed by atoms with Crippen molar-refractivity contribution in [3.05, 3.63) is 29.3 Å². The molecule has 5 nitrogen and oxygen atoms in total. The van der Waals surface area contributed by atoms with E-state index < -0.39 is 11.4 Å². The monoisotopic (exact) mass is 297 g/mol. The fraction of sp³-hybridized carbons (Fsp3) is 0.429. The first-order valence-electron chi connectivity index (χ1n) is 6.34. The van der Waals surface area contributed by atoms with E-state index in [0.717, 1.165) is 0 Å². The number of aliphatic carboxylic acids is 1. The molecule has 1 aromatic rings. The number of carbonyl (C=O) groups is 2. The third kappa shape index (κ3) is 2.88. The lowest BCUT2D eigenvalue weighted by Gasteiger charge is -2.21. The molecule has 0 bridgehead atoms. The van der Waals surface area contributed by atoms with Crippen molar-refractivity contribution in [2.45, 2.75) is 12.8 Å². The summed E-state index contributed by atoms with van der Waals surface area (Å²) in [6.45, 7) is 0.584. The van der Waals surface area contributed by atoms with Crippen LogP contribution in [0.5, 0.6) is 5.75 Å². The van der Waals surface area contributed by atoms with Crippen molar-refractivity contribution in [2.75, 3.05) is 20.2 Å². The molecule has 0 aromatic heterocycles. The van der Waals surface area contributed by atoms with Gasteiger partial charge in [0.05, 0.1) is 11.6 Å². The molecule has 1 N–H and O–H groups in total. The van der Waals surface area contributed by atoms with Gasteiger partial charge in [-0.3, -0.25) is 9.59 Å². The van der Waals surface area contributed by atoms with E-state index in [4.69, 9.17) is 21.4 Å². The fourth-order valence-corrected chi connectivity index (χ4v) is 2.16. The summed E-state index contributed by atoms with van der Waals surface area (Å²) in [5.41, 5.74) is -1.20. The standard InChI is InChI=1S/C14H16ClNO4/c1-16(12(17)14(6-7-14)13(18)19)8-9-20-11-5-3-2-4-10(11)15/h2-5H,6-9H2,1H3,(H,18,19). The molecular formula is C14H16ClNO4. The van der Waals surface area contributed by atoms with Gasteiger partial charge in [-0.05, 0) is 25.0 Å². The molecule has 0 heterocycles. The quantitative estimate of drug-likeness (QED) is 0.816. The zero-order chi connectivity index (χ0) is 14.8. The van der Waals surface area contributed by atoms with E-state index >= 15 is 0 Å². The number of carbonyl (C=O) groups excluding carboxylic acids is 1. The maximum atomic E-state index is 12.0. The molecule has 20 heavy (non-hydrogen) atoms. The SMILES string of the molecule is CN(CCOc1ccccc1Cl)C(=O)C1(C(=O)O)CC1. The molecule has 1 aliphatic carbocycles. The number of amides is 1. The maximum absolute atomic E-state index is 12.0. The van der Waals surface area contributed by atoms with Gasteiger partial charge in [-0.25, -0.2) is 0 Å². The van der Waals surface area contributed by atoms with E-state index in [2.05, 4.69) is 0 Å². The molecule has 1 aromatic carbocycles. The van der Waals surface area contributed by atoms with Gasteiger partial charge >= 0.3 is 5.97 Å². The number of halogens is 1. The Kier molecular flexibility index (Phi) is 4.18. The number of hydrogen-bond donors (Lipinski definition) is 1. The molecular weight excluding hydrogens is 282 g/mol. The van der Waals surface area contributed by atoms with Gasteiger partial charge in [0, 0.05) is 7.05 Å². The molecule has 1 amide bonds. The minimum atomic E-state index is -1.20. The summed E-state index contributed by atoms with van der Waals surface area (Å²) in [6, 6.07) is 7.06. The third-order valence-electron chi connectivity index (χ3n) is 3.44. The average Bonchev–Trinajstić information content (AvgIpc) is 3.21. The van der Waals surface area contributed by atoms with Crippen molar-refractivity contribution < 1.29 is 19.4 Å². The molecule has 6 heteroatoms.